The molecular weight excluding hydrogens is 232 g/mol. The number of nitrogens with two attached hydrogens (primary N) is 1. The Bertz CT molecular complexity index is 410. The van der Waals surface area contributed by atoms with Crippen LogP contribution in [0.15, 0.2) is 0 Å². The molecule has 100 valence electrons. The molecule has 2 rings (SSSR count). The van der Waals surface area contributed by atoms with E-state index in [1.807, 2.05) is 0 Å². The van der Waals surface area contributed by atoms with E-state index in [9.17, 15) is 4.79 Å². The summed E-state index contributed by atoms with van der Waals surface area (Å²) in [6, 6.07) is 0. The van der Waals surface area contributed by atoms with Gasteiger partial charge in [0.2, 0.25) is 0 Å². The number of aromatic amines is 1. The lowest BCUT2D eigenvalue weighted by atomic mass is 10.1. The molecule has 4 N–H and O–H groups in total. The summed E-state index contributed by atoms with van der Waals surface area (Å²) in [4.78, 5) is 11.9. The summed E-state index contributed by atoms with van der Waals surface area (Å²) < 4.78 is 5.26. The molecule has 0 saturated carbocycles. The van der Waals surface area contributed by atoms with Crippen LogP contribution in [0.4, 0.5) is 5.69 Å². The maximum Gasteiger partial charge on any atom is 0.273 e. The van der Waals surface area contributed by atoms with E-state index in [0.29, 0.717) is 23.8 Å². The van der Waals surface area contributed by atoms with Gasteiger partial charge in [-0.2, -0.15) is 5.10 Å². The van der Waals surface area contributed by atoms with E-state index in [0.717, 1.165) is 38.2 Å². The molecule has 1 fully saturated rings. The number of ether oxygens (including phenoxy) is 1. The van der Waals surface area contributed by atoms with Gasteiger partial charge < -0.3 is 15.8 Å². The summed E-state index contributed by atoms with van der Waals surface area (Å²) in [5.41, 5.74) is 7.51. The van der Waals surface area contributed by atoms with Gasteiger partial charge in [-0.15, -0.1) is 0 Å². The van der Waals surface area contributed by atoms with Crippen LogP contribution < -0.4 is 11.1 Å². The molecule has 6 nitrogen and oxygen atoms in total. The second-order valence-electron chi connectivity index (χ2n) is 4.65. The topological polar surface area (TPSA) is 93.0 Å². The number of anilines is 1. The van der Waals surface area contributed by atoms with Gasteiger partial charge in [-0.1, -0.05) is 13.3 Å². The van der Waals surface area contributed by atoms with Gasteiger partial charge >= 0.3 is 0 Å². The minimum Gasteiger partial charge on any atom is -0.395 e. The Hall–Kier alpha value is -1.56. The van der Waals surface area contributed by atoms with Crippen molar-refractivity contribution in [1.82, 2.24) is 15.5 Å². The third kappa shape index (κ3) is 2.81. The summed E-state index contributed by atoms with van der Waals surface area (Å²) in [7, 11) is 0. The van der Waals surface area contributed by atoms with Crippen LogP contribution in [-0.2, 0) is 11.2 Å². The first-order chi connectivity index (χ1) is 8.72. The van der Waals surface area contributed by atoms with Gasteiger partial charge in [0.25, 0.3) is 5.91 Å². The second kappa shape index (κ2) is 5.86. The number of nitrogen functional groups attached to an aromatic ring is 1. The van der Waals surface area contributed by atoms with E-state index in [-0.39, 0.29) is 5.91 Å². The molecular formula is C12H20N4O2. The smallest absolute Gasteiger partial charge is 0.273 e. The number of hydrogen-bond acceptors (Lipinski definition) is 4. The Morgan fingerprint density at radius 2 is 2.50 bits per heavy atom. The Balaban J connectivity index is 1.91. The number of hydrogen-bond donors (Lipinski definition) is 3. The van der Waals surface area contributed by atoms with E-state index in [2.05, 4.69) is 22.4 Å². The van der Waals surface area contributed by atoms with E-state index >= 15 is 0 Å². The molecule has 0 spiro atoms. The molecule has 1 amide bonds. The number of H-pyrrole nitrogens is 1. The van der Waals surface area contributed by atoms with Crippen molar-refractivity contribution in [3.05, 3.63) is 11.4 Å². The fourth-order valence-electron chi connectivity index (χ4n) is 2.07. The molecule has 1 unspecified atom stereocenters. The monoisotopic (exact) mass is 252 g/mol. The average molecular weight is 252 g/mol. The highest BCUT2D eigenvalue weighted by Crippen LogP contribution is 2.16. The van der Waals surface area contributed by atoms with E-state index in [1.54, 1.807) is 0 Å². The molecule has 0 bridgehead atoms. The third-order valence-corrected chi connectivity index (χ3v) is 3.17. The molecule has 0 radical (unpaired) electrons. The Labute approximate surface area is 106 Å². The van der Waals surface area contributed by atoms with Gasteiger partial charge in [-0.3, -0.25) is 9.89 Å². The van der Waals surface area contributed by atoms with Crippen LogP contribution in [0.3, 0.4) is 0 Å². The SMILES string of the molecule is CCCc1[nH]nc(C(=O)NCC2CCOC2)c1N. The van der Waals surface area contributed by atoms with Gasteiger partial charge in [0.05, 0.1) is 18.0 Å². The Kier molecular flexibility index (Phi) is 4.19. The summed E-state index contributed by atoms with van der Waals surface area (Å²) in [6.45, 7) is 4.18. The predicted octanol–water partition coefficient (Wildman–Crippen LogP) is 0.711. The van der Waals surface area contributed by atoms with E-state index in [1.165, 1.54) is 0 Å². The van der Waals surface area contributed by atoms with Crippen molar-refractivity contribution < 1.29 is 9.53 Å². The quantitative estimate of drug-likeness (QED) is 0.719. The number of amides is 1. The van der Waals surface area contributed by atoms with Crippen LogP contribution in [0.25, 0.3) is 0 Å². The van der Waals surface area contributed by atoms with Crippen LogP contribution in [0, 0.1) is 5.92 Å². The van der Waals surface area contributed by atoms with E-state index in [4.69, 9.17) is 10.5 Å². The zero-order valence-corrected chi connectivity index (χ0v) is 10.7. The predicted molar refractivity (Wildman–Crippen MR) is 68.3 cm³/mol. The van der Waals surface area contributed by atoms with Gasteiger partial charge in [0.15, 0.2) is 5.69 Å². The first kappa shape index (κ1) is 12.9. The molecule has 0 aromatic carbocycles. The van der Waals surface area contributed by atoms with Crippen LogP contribution in [-0.4, -0.2) is 35.9 Å². The van der Waals surface area contributed by atoms with Crippen molar-refractivity contribution in [1.29, 1.82) is 0 Å². The van der Waals surface area contributed by atoms with Gasteiger partial charge in [-0.25, -0.2) is 0 Å². The number of aromatic nitrogens is 2. The standard InChI is InChI=1S/C12H20N4O2/c1-2-3-9-10(13)11(16-15-9)12(17)14-6-8-4-5-18-7-8/h8H,2-7,13H2,1H3,(H,14,17)(H,15,16). The molecule has 1 aromatic rings. The van der Waals surface area contributed by atoms with Crippen molar-refractivity contribution in [3.63, 3.8) is 0 Å². The van der Waals surface area contributed by atoms with Crippen LogP contribution >= 0.6 is 0 Å². The zero-order valence-electron chi connectivity index (χ0n) is 10.7. The number of carbonyl (C=O) groups excluding carboxylic acids is 1. The minimum absolute atomic E-state index is 0.210. The van der Waals surface area contributed by atoms with Crippen molar-refractivity contribution in [2.45, 2.75) is 26.2 Å². The number of nitrogens with one attached hydrogen (secondary N) is 2. The lowest BCUT2D eigenvalue weighted by molar-refractivity contribution is 0.0941. The normalized spacial score (nSPS) is 19.1. The summed E-state index contributed by atoms with van der Waals surface area (Å²) in [5.74, 6) is 0.197. The van der Waals surface area contributed by atoms with E-state index < -0.39 is 0 Å². The maximum absolute atomic E-state index is 11.9. The lowest BCUT2D eigenvalue weighted by Gasteiger charge is -2.08. The fraction of sp³-hybridized carbons (Fsp3) is 0.667. The molecule has 0 aliphatic carbocycles. The molecule has 1 saturated heterocycles. The van der Waals surface area contributed by atoms with Gasteiger partial charge in [-0.05, 0) is 12.8 Å². The van der Waals surface area contributed by atoms with Crippen molar-refractivity contribution in [2.75, 3.05) is 25.5 Å². The third-order valence-electron chi connectivity index (χ3n) is 3.17. The van der Waals surface area contributed by atoms with Gasteiger partial charge in [0, 0.05) is 19.1 Å². The van der Waals surface area contributed by atoms with Crippen LogP contribution in [0.5, 0.6) is 0 Å². The first-order valence-electron chi connectivity index (χ1n) is 6.41. The molecule has 1 atom stereocenters. The fourth-order valence-corrected chi connectivity index (χ4v) is 2.07. The summed E-state index contributed by atoms with van der Waals surface area (Å²) in [6.07, 6.45) is 2.77. The number of rotatable bonds is 5. The maximum atomic E-state index is 11.9. The van der Waals surface area contributed by atoms with Crippen molar-refractivity contribution in [3.8, 4) is 0 Å². The highest BCUT2D eigenvalue weighted by Gasteiger charge is 2.20. The van der Waals surface area contributed by atoms with Crippen LogP contribution in [0.2, 0.25) is 0 Å². The summed E-state index contributed by atoms with van der Waals surface area (Å²) in [5, 5.41) is 9.67. The number of carbonyl (C=O) groups is 1. The largest absolute Gasteiger partial charge is 0.395 e. The molecule has 18 heavy (non-hydrogen) atoms. The lowest BCUT2D eigenvalue weighted by Crippen LogP contribution is -2.30. The summed E-state index contributed by atoms with van der Waals surface area (Å²) >= 11 is 0. The average Bonchev–Trinajstić information content (AvgIpc) is 2.98. The highest BCUT2D eigenvalue weighted by atomic mass is 16.5. The number of aryl methyl sites for hydroxylation is 1. The molecule has 2 heterocycles. The van der Waals surface area contributed by atoms with Crippen molar-refractivity contribution >= 4 is 11.6 Å². The molecule has 6 heteroatoms. The number of nitrogens with zero attached hydrogens (tertiary/aromatic N) is 1. The first-order valence-corrected chi connectivity index (χ1v) is 6.41. The van der Waals surface area contributed by atoms with Crippen molar-refractivity contribution in [2.24, 2.45) is 5.92 Å². The molecule has 1 aromatic heterocycles. The highest BCUT2D eigenvalue weighted by molar-refractivity contribution is 5.97. The zero-order chi connectivity index (χ0) is 13.0. The Morgan fingerprint density at radius 3 is 3.17 bits per heavy atom. The van der Waals surface area contributed by atoms with Crippen LogP contribution in [0.1, 0.15) is 35.9 Å². The minimum atomic E-state index is -0.210. The molecule has 1 aliphatic heterocycles. The molecule has 1 aliphatic rings. The van der Waals surface area contributed by atoms with Gasteiger partial charge in [0.1, 0.15) is 0 Å². The Morgan fingerprint density at radius 1 is 1.67 bits per heavy atom. The second-order valence-corrected chi connectivity index (χ2v) is 4.65.